The van der Waals surface area contributed by atoms with Crippen molar-refractivity contribution in [2.24, 2.45) is 0 Å². The zero-order valence-electron chi connectivity index (χ0n) is 10.9. The quantitative estimate of drug-likeness (QED) is 0.820. The molecule has 1 aliphatic rings. The van der Waals surface area contributed by atoms with Crippen LogP contribution in [0.3, 0.4) is 0 Å². The van der Waals surface area contributed by atoms with E-state index in [9.17, 15) is 4.79 Å². The summed E-state index contributed by atoms with van der Waals surface area (Å²) < 4.78 is 0.171. The normalized spacial score (nSPS) is 19.8. The lowest BCUT2D eigenvalue weighted by Gasteiger charge is -2.29. The summed E-state index contributed by atoms with van der Waals surface area (Å²) in [4.78, 5) is 14.0. The summed E-state index contributed by atoms with van der Waals surface area (Å²) in [7, 11) is 2.13. The first-order valence-electron chi connectivity index (χ1n) is 5.99. The molecule has 1 fully saturated rings. The van der Waals surface area contributed by atoms with Crippen molar-refractivity contribution in [3.05, 3.63) is 0 Å². The Morgan fingerprint density at radius 2 is 1.94 bits per heavy atom. The molecule has 1 aliphatic heterocycles. The fourth-order valence-electron chi connectivity index (χ4n) is 1.70. The first-order chi connectivity index (χ1) is 7.37. The zero-order chi connectivity index (χ0) is 12.2. The van der Waals surface area contributed by atoms with Crippen molar-refractivity contribution in [1.29, 1.82) is 0 Å². The molecule has 3 nitrogen and oxygen atoms in total. The fraction of sp³-hybridized carbons (Fsp3) is 0.917. The highest BCUT2D eigenvalue weighted by Gasteiger charge is 2.19. The molecule has 0 aromatic rings. The number of piperidine rings is 1. The first kappa shape index (κ1) is 13.8. The number of nitrogens with one attached hydrogen (secondary N) is 1. The van der Waals surface area contributed by atoms with Crippen LogP contribution in [0.2, 0.25) is 0 Å². The van der Waals surface area contributed by atoms with Crippen LogP contribution in [0, 0.1) is 0 Å². The summed E-state index contributed by atoms with van der Waals surface area (Å²) in [6.45, 7) is 8.61. The predicted octanol–water partition coefficient (Wildman–Crippen LogP) is 1.73. The van der Waals surface area contributed by atoms with Crippen LogP contribution in [0.25, 0.3) is 0 Å². The number of nitrogens with zero attached hydrogens (tertiary/aromatic N) is 1. The molecular weight excluding hydrogens is 220 g/mol. The molecule has 0 bridgehead atoms. The third kappa shape index (κ3) is 5.75. The summed E-state index contributed by atoms with van der Waals surface area (Å²) in [5.74, 6) is 0.769. The highest BCUT2D eigenvalue weighted by molar-refractivity contribution is 8.01. The molecule has 0 spiro atoms. The van der Waals surface area contributed by atoms with Gasteiger partial charge in [-0.3, -0.25) is 4.79 Å². The minimum atomic E-state index is 0.171. The topological polar surface area (TPSA) is 32.3 Å². The number of rotatable bonds is 3. The second kappa shape index (κ2) is 5.92. The molecule has 94 valence electrons. The van der Waals surface area contributed by atoms with E-state index in [1.807, 2.05) is 0 Å². The maximum atomic E-state index is 11.7. The lowest BCUT2D eigenvalue weighted by Crippen LogP contribution is -2.44. The average Bonchev–Trinajstić information content (AvgIpc) is 2.18. The number of amides is 1. The minimum absolute atomic E-state index is 0.171. The Labute approximate surface area is 103 Å². The first-order valence-corrected chi connectivity index (χ1v) is 6.97. The molecule has 1 rings (SSSR count). The van der Waals surface area contributed by atoms with Gasteiger partial charge in [-0.1, -0.05) is 20.8 Å². The summed E-state index contributed by atoms with van der Waals surface area (Å²) >= 11 is 1.71. The van der Waals surface area contributed by atoms with E-state index in [2.05, 4.69) is 38.0 Å². The van der Waals surface area contributed by atoms with Crippen molar-refractivity contribution in [2.75, 3.05) is 25.9 Å². The molecule has 16 heavy (non-hydrogen) atoms. The number of thioether (sulfide) groups is 1. The van der Waals surface area contributed by atoms with Crippen molar-refractivity contribution in [2.45, 2.75) is 44.4 Å². The van der Waals surface area contributed by atoms with Crippen molar-refractivity contribution in [1.82, 2.24) is 10.2 Å². The molecule has 0 aromatic carbocycles. The van der Waals surface area contributed by atoms with Gasteiger partial charge in [-0.2, -0.15) is 0 Å². The molecule has 0 unspecified atom stereocenters. The predicted molar refractivity (Wildman–Crippen MR) is 70.9 cm³/mol. The molecule has 0 atom stereocenters. The van der Waals surface area contributed by atoms with Crippen molar-refractivity contribution < 1.29 is 4.79 Å². The van der Waals surface area contributed by atoms with E-state index in [1.54, 1.807) is 11.8 Å². The van der Waals surface area contributed by atoms with Gasteiger partial charge in [-0.15, -0.1) is 11.8 Å². The van der Waals surface area contributed by atoms with Crippen LogP contribution in [0.1, 0.15) is 33.6 Å². The van der Waals surface area contributed by atoms with Crippen molar-refractivity contribution in [3.63, 3.8) is 0 Å². The number of hydrogen-bond acceptors (Lipinski definition) is 3. The summed E-state index contributed by atoms with van der Waals surface area (Å²) in [5, 5.41) is 3.13. The smallest absolute Gasteiger partial charge is 0.230 e. The van der Waals surface area contributed by atoms with E-state index in [0.29, 0.717) is 11.8 Å². The molecule has 0 aromatic heterocycles. The van der Waals surface area contributed by atoms with Crippen LogP contribution >= 0.6 is 11.8 Å². The Bertz CT molecular complexity index is 230. The molecule has 1 amide bonds. The molecule has 1 saturated heterocycles. The van der Waals surface area contributed by atoms with Gasteiger partial charge in [-0.25, -0.2) is 0 Å². The van der Waals surface area contributed by atoms with Gasteiger partial charge in [0, 0.05) is 10.8 Å². The largest absolute Gasteiger partial charge is 0.353 e. The van der Waals surface area contributed by atoms with Crippen molar-refractivity contribution >= 4 is 17.7 Å². The highest BCUT2D eigenvalue weighted by atomic mass is 32.2. The van der Waals surface area contributed by atoms with Crippen LogP contribution < -0.4 is 5.32 Å². The van der Waals surface area contributed by atoms with Crippen molar-refractivity contribution in [3.8, 4) is 0 Å². The minimum Gasteiger partial charge on any atom is -0.353 e. The molecular formula is C12H24N2OS. The molecule has 0 aliphatic carbocycles. The standard InChI is InChI=1S/C12H24N2OS/c1-12(2,3)16-9-11(15)13-10-5-7-14(4)8-6-10/h10H,5-9H2,1-4H3,(H,13,15). The summed E-state index contributed by atoms with van der Waals surface area (Å²) in [5.41, 5.74) is 0. The molecule has 0 saturated carbocycles. The maximum Gasteiger partial charge on any atom is 0.230 e. The second-order valence-corrected chi connectivity index (χ2v) is 7.35. The van der Waals surface area contributed by atoms with Gasteiger partial charge in [0.25, 0.3) is 0 Å². The van der Waals surface area contributed by atoms with Crippen LogP contribution in [0.15, 0.2) is 0 Å². The third-order valence-electron chi connectivity index (χ3n) is 2.72. The Morgan fingerprint density at radius 3 is 2.44 bits per heavy atom. The zero-order valence-corrected chi connectivity index (χ0v) is 11.7. The SMILES string of the molecule is CN1CCC(NC(=O)CSC(C)(C)C)CC1. The van der Waals surface area contributed by atoms with Gasteiger partial charge < -0.3 is 10.2 Å². The van der Waals surface area contributed by atoms with Gasteiger partial charge in [-0.05, 0) is 33.0 Å². The maximum absolute atomic E-state index is 11.7. The number of carbonyl (C=O) groups is 1. The van der Waals surface area contributed by atoms with Crippen LogP contribution in [-0.2, 0) is 4.79 Å². The summed E-state index contributed by atoms with van der Waals surface area (Å²) in [6.07, 6.45) is 2.17. The number of carbonyl (C=O) groups excluding carboxylic acids is 1. The number of likely N-dealkylation sites (tertiary alicyclic amines) is 1. The Balaban J connectivity index is 2.19. The molecule has 1 N–H and O–H groups in total. The highest BCUT2D eigenvalue weighted by Crippen LogP contribution is 2.22. The lowest BCUT2D eigenvalue weighted by atomic mass is 10.1. The fourth-order valence-corrected chi connectivity index (χ4v) is 2.35. The van der Waals surface area contributed by atoms with Crippen LogP contribution in [0.5, 0.6) is 0 Å². The van der Waals surface area contributed by atoms with E-state index in [0.717, 1.165) is 25.9 Å². The van der Waals surface area contributed by atoms with Gasteiger partial charge in [0.05, 0.1) is 5.75 Å². The second-order valence-electron chi connectivity index (χ2n) is 5.55. The molecule has 4 heteroatoms. The van der Waals surface area contributed by atoms with Gasteiger partial charge in [0.15, 0.2) is 0 Å². The van der Waals surface area contributed by atoms with E-state index >= 15 is 0 Å². The van der Waals surface area contributed by atoms with Gasteiger partial charge in [0.1, 0.15) is 0 Å². The van der Waals surface area contributed by atoms with E-state index < -0.39 is 0 Å². The molecule has 0 radical (unpaired) electrons. The monoisotopic (exact) mass is 244 g/mol. The van der Waals surface area contributed by atoms with Gasteiger partial charge >= 0.3 is 0 Å². The van der Waals surface area contributed by atoms with E-state index in [-0.39, 0.29) is 10.7 Å². The molecule has 1 heterocycles. The van der Waals surface area contributed by atoms with E-state index in [4.69, 9.17) is 0 Å². The number of hydrogen-bond donors (Lipinski definition) is 1. The van der Waals surface area contributed by atoms with Crippen LogP contribution in [-0.4, -0.2) is 47.5 Å². The third-order valence-corrected chi connectivity index (χ3v) is 3.99. The van der Waals surface area contributed by atoms with Crippen LogP contribution in [0.4, 0.5) is 0 Å². The summed E-state index contributed by atoms with van der Waals surface area (Å²) in [6, 6.07) is 0.393. The van der Waals surface area contributed by atoms with E-state index in [1.165, 1.54) is 0 Å². The Kier molecular flexibility index (Phi) is 5.12. The lowest BCUT2D eigenvalue weighted by molar-refractivity contribution is -0.119. The Morgan fingerprint density at radius 1 is 1.38 bits per heavy atom. The Hall–Kier alpha value is -0.220. The average molecular weight is 244 g/mol. The van der Waals surface area contributed by atoms with Gasteiger partial charge in [0.2, 0.25) is 5.91 Å².